The number of aromatic nitrogens is 4. The van der Waals surface area contributed by atoms with E-state index in [0.717, 1.165) is 59.7 Å². The molecule has 1 saturated heterocycles. The molecule has 174 valence electrons. The van der Waals surface area contributed by atoms with Gasteiger partial charge in [-0.15, -0.1) is 0 Å². The van der Waals surface area contributed by atoms with Crippen molar-refractivity contribution in [3.05, 3.63) is 76.4 Å². The van der Waals surface area contributed by atoms with Crippen LogP contribution < -0.4 is 11.0 Å². The SMILES string of the molecule is CCn1c(=O)n(CC)c2cc(-c3nc(C4CCNCC4)[nH]c3C)ccc21.Fc1ccccc1. The van der Waals surface area contributed by atoms with Crippen LogP contribution in [0.4, 0.5) is 4.39 Å². The molecule has 0 atom stereocenters. The highest BCUT2D eigenvalue weighted by Crippen LogP contribution is 2.29. The minimum Gasteiger partial charge on any atom is -0.345 e. The normalized spacial score (nSPS) is 14.3. The van der Waals surface area contributed by atoms with Crippen molar-refractivity contribution < 1.29 is 4.39 Å². The number of aromatic amines is 1. The summed E-state index contributed by atoms with van der Waals surface area (Å²) in [7, 11) is 0. The van der Waals surface area contributed by atoms with Crippen LogP contribution in [0.5, 0.6) is 0 Å². The summed E-state index contributed by atoms with van der Waals surface area (Å²) >= 11 is 0. The number of aryl methyl sites for hydroxylation is 3. The topological polar surface area (TPSA) is 67.6 Å². The first-order valence-electron chi connectivity index (χ1n) is 11.7. The number of hydrogen-bond acceptors (Lipinski definition) is 3. The summed E-state index contributed by atoms with van der Waals surface area (Å²) in [5, 5.41) is 3.41. The highest BCUT2D eigenvalue weighted by atomic mass is 19.1. The molecule has 0 bridgehead atoms. The molecule has 1 fully saturated rings. The van der Waals surface area contributed by atoms with E-state index in [2.05, 4.69) is 35.4 Å². The fourth-order valence-corrected chi connectivity index (χ4v) is 4.55. The van der Waals surface area contributed by atoms with E-state index in [0.29, 0.717) is 19.0 Å². The van der Waals surface area contributed by atoms with Crippen LogP contribution in [0.1, 0.15) is 44.1 Å². The minimum absolute atomic E-state index is 0.0660. The van der Waals surface area contributed by atoms with E-state index in [4.69, 9.17) is 4.98 Å². The number of piperidine rings is 1. The van der Waals surface area contributed by atoms with Gasteiger partial charge in [0.15, 0.2) is 0 Å². The van der Waals surface area contributed by atoms with Gasteiger partial charge < -0.3 is 10.3 Å². The summed E-state index contributed by atoms with van der Waals surface area (Å²) in [6.45, 7) is 9.58. The van der Waals surface area contributed by atoms with Crippen molar-refractivity contribution in [2.75, 3.05) is 13.1 Å². The number of rotatable bonds is 4. The van der Waals surface area contributed by atoms with E-state index >= 15 is 0 Å². The van der Waals surface area contributed by atoms with Crippen LogP contribution in [0.3, 0.4) is 0 Å². The highest BCUT2D eigenvalue weighted by Gasteiger charge is 2.21. The van der Waals surface area contributed by atoms with Crippen molar-refractivity contribution in [1.82, 2.24) is 24.4 Å². The second-order valence-electron chi connectivity index (χ2n) is 8.39. The van der Waals surface area contributed by atoms with Crippen molar-refractivity contribution in [3.8, 4) is 11.3 Å². The Morgan fingerprint density at radius 2 is 1.67 bits per heavy atom. The molecule has 3 heterocycles. The van der Waals surface area contributed by atoms with Crippen molar-refractivity contribution in [2.45, 2.75) is 52.6 Å². The van der Waals surface area contributed by atoms with E-state index in [1.165, 1.54) is 12.1 Å². The van der Waals surface area contributed by atoms with Crippen LogP contribution in [-0.2, 0) is 13.1 Å². The van der Waals surface area contributed by atoms with Crippen molar-refractivity contribution in [2.24, 2.45) is 0 Å². The van der Waals surface area contributed by atoms with Gasteiger partial charge in [-0.05, 0) is 71.0 Å². The maximum absolute atomic E-state index is 12.6. The fourth-order valence-electron chi connectivity index (χ4n) is 4.55. The van der Waals surface area contributed by atoms with E-state index in [-0.39, 0.29) is 11.5 Å². The standard InChI is InChI=1S/C20H27N5O.C6H5F/c1-4-24-16-7-6-15(12-17(16)25(5-2)20(24)26)18-13(3)22-19(23-18)14-8-10-21-11-9-14;7-6-4-2-1-3-5-6/h6-7,12,14,21H,4-5,8-11H2,1-3H3,(H,22,23);1-5H. The number of hydrogen-bond donors (Lipinski definition) is 2. The third kappa shape index (κ3) is 4.78. The first-order valence-corrected chi connectivity index (χ1v) is 11.7. The average molecular weight is 450 g/mol. The van der Waals surface area contributed by atoms with Crippen LogP contribution >= 0.6 is 0 Å². The van der Waals surface area contributed by atoms with Crippen molar-refractivity contribution in [3.63, 3.8) is 0 Å². The first kappa shape index (κ1) is 23.0. The molecule has 7 heteroatoms. The number of imidazole rings is 2. The highest BCUT2D eigenvalue weighted by molar-refractivity contribution is 5.82. The van der Waals surface area contributed by atoms with E-state index in [1.54, 1.807) is 18.2 Å². The zero-order chi connectivity index (χ0) is 23.4. The van der Waals surface area contributed by atoms with E-state index in [9.17, 15) is 9.18 Å². The largest absolute Gasteiger partial charge is 0.345 e. The number of halogens is 1. The molecule has 0 radical (unpaired) electrons. The summed E-state index contributed by atoms with van der Waals surface area (Å²) in [6.07, 6.45) is 2.25. The molecule has 0 aliphatic carbocycles. The maximum Gasteiger partial charge on any atom is 0.329 e. The molecule has 1 aliphatic heterocycles. The lowest BCUT2D eigenvalue weighted by molar-refractivity contribution is 0.447. The van der Waals surface area contributed by atoms with Gasteiger partial charge in [-0.2, -0.15) is 0 Å². The quantitative estimate of drug-likeness (QED) is 0.469. The summed E-state index contributed by atoms with van der Waals surface area (Å²) in [5.41, 5.74) is 5.22. The molecule has 4 aromatic rings. The Morgan fingerprint density at radius 3 is 2.27 bits per heavy atom. The Morgan fingerprint density at radius 1 is 1.00 bits per heavy atom. The first-order chi connectivity index (χ1) is 16.0. The molecule has 0 spiro atoms. The van der Waals surface area contributed by atoms with Crippen LogP contribution in [0.2, 0.25) is 0 Å². The summed E-state index contributed by atoms with van der Waals surface area (Å²) in [4.78, 5) is 21.0. The molecule has 0 amide bonds. The zero-order valence-corrected chi connectivity index (χ0v) is 19.6. The van der Waals surface area contributed by atoms with Gasteiger partial charge in [0.1, 0.15) is 11.6 Å². The molecule has 2 N–H and O–H groups in total. The third-order valence-electron chi connectivity index (χ3n) is 6.29. The zero-order valence-electron chi connectivity index (χ0n) is 19.6. The molecule has 2 aromatic carbocycles. The molecule has 5 rings (SSSR count). The molecule has 2 aromatic heterocycles. The molecule has 33 heavy (non-hydrogen) atoms. The Balaban J connectivity index is 0.000000318. The van der Waals surface area contributed by atoms with Gasteiger partial charge in [0.2, 0.25) is 0 Å². The molecule has 6 nitrogen and oxygen atoms in total. The van der Waals surface area contributed by atoms with Gasteiger partial charge in [0.25, 0.3) is 0 Å². The third-order valence-corrected chi connectivity index (χ3v) is 6.29. The molecular weight excluding hydrogens is 417 g/mol. The molecular formula is C26H32FN5O. The minimum atomic E-state index is -0.178. The Bertz CT molecular complexity index is 1270. The molecule has 0 saturated carbocycles. The van der Waals surface area contributed by atoms with Crippen molar-refractivity contribution >= 4 is 11.0 Å². The molecule has 0 unspecified atom stereocenters. The van der Waals surface area contributed by atoms with Gasteiger partial charge in [-0.3, -0.25) is 9.13 Å². The predicted octanol–water partition coefficient (Wildman–Crippen LogP) is 4.83. The van der Waals surface area contributed by atoms with Crippen LogP contribution in [-0.4, -0.2) is 32.2 Å². The second-order valence-corrected chi connectivity index (χ2v) is 8.39. The van der Waals surface area contributed by atoms with Crippen LogP contribution in [0, 0.1) is 12.7 Å². The predicted molar refractivity (Wildman–Crippen MR) is 131 cm³/mol. The van der Waals surface area contributed by atoms with Gasteiger partial charge in [-0.25, -0.2) is 14.2 Å². The van der Waals surface area contributed by atoms with Gasteiger partial charge in [0.05, 0.1) is 16.7 Å². The van der Waals surface area contributed by atoms with Gasteiger partial charge in [-0.1, -0.05) is 24.3 Å². The number of nitrogens with one attached hydrogen (secondary N) is 2. The molecule has 1 aliphatic rings. The Labute approximate surface area is 193 Å². The number of fused-ring (bicyclic) bond motifs is 1. The maximum atomic E-state index is 12.6. The summed E-state index contributed by atoms with van der Waals surface area (Å²) in [6, 6.07) is 14.2. The smallest absolute Gasteiger partial charge is 0.329 e. The lowest BCUT2D eigenvalue weighted by Crippen LogP contribution is -2.27. The fraction of sp³-hybridized carbons (Fsp3) is 0.385. The second kappa shape index (κ2) is 10.2. The average Bonchev–Trinajstić information content (AvgIpc) is 3.36. The number of nitrogens with zero attached hydrogens (tertiary/aromatic N) is 3. The lowest BCUT2D eigenvalue weighted by Gasteiger charge is -2.20. The number of benzene rings is 2. The van der Waals surface area contributed by atoms with Crippen molar-refractivity contribution in [1.29, 1.82) is 0 Å². The van der Waals surface area contributed by atoms with Crippen LogP contribution in [0.25, 0.3) is 22.3 Å². The van der Waals surface area contributed by atoms with E-state index < -0.39 is 0 Å². The lowest BCUT2D eigenvalue weighted by atomic mass is 9.98. The van der Waals surface area contributed by atoms with Gasteiger partial charge in [0, 0.05) is 30.3 Å². The van der Waals surface area contributed by atoms with E-state index in [1.807, 2.05) is 23.0 Å². The van der Waals surface area contributed by atoms with Crippen LogP contribution in [0.15, 0.2) is 53.3 Å². The van der Waals surface area contributed by atoms with Gasteiger partial charge >= 0.3 is 5.69 Å². The summed E-state index contributed by atoms with van der Waals surface area (Å²) in [5.74, 6) is 1.42. The summed E-state index contributed by atoms with van der Waals surface area (Å²) < 4.78 is 15.6. The monoisotopic (exact) mass is 449 g/mol. The Kier molecular flexibility index (Phi) is 7.08. The Hall–Kier alpha value is -3.19. The number of H-pyrrole nitrogens is 1.